The van der Waals surface area contributed by atoms with Crippen molar-refractivity contribution in [2.75, 3.05) is 13.1 Å². The molecule has 0 aliphatic carbocycles. The van der Waals surface area contributed by atoms with E-state index in [9.17, 15) is 13.6 Å². The summed E-state index contributed by atoms with van der Waals surface area (Å²) in [5.74, 6) is -1.95. The van der Waals surface area contributed by atoms with E-state index in [1.54, 1.807) is 6.92 Å². The maximum absolute atomic E-state index is 13.5. The van der Waals surface area contributed by atoms with Crippen LogP contribution in [-0.2, 0) is 0 Å². The second-order valence-corrected chi connectivity index (χ2v) is 4.25. The summed E-state index contributed by atoms with van der Waals surface area (Å²) in [5.41, 5.74) is 5.07. The van der Waals surface area contributed by atoms with Crippen LogP contribution in [0.3, 0.4) is 0 Å². The van der Waals surface area contributed by atoms with Gasteiger partial charge in [0.2, 0.25) is 0 Å². The van der Waals surface area contributed by atoms with Gasteiger partial charge in [-0.15, -0.1) is 0 Å². The molecule has 0 atom stereocenters. The number of hydrogen-bond acceptors (Lipinski definition) is 2. The van der Waals surface area contributed by atoms with E-state index in [4.69, 9.17) is 18.0 Å². The van der Waals surface area contributed by atoms with Crippen LogP contribution in [0, 0.1) is 11.6 Å². The zero-order chi connectivity index (χ0) is 13.7. The smallest absolute Gasteiger partial charge is 0.256 e. The van der Waals surface area contributed by atoms with Crippen LogP contribution in [0.4, 0.5) is 8.78 Å². The van der Waals surface area contributed by atoms with Crippen molar-refractivity contribution in [3.63, 3.8) is 0 Å². The van der Waals surface area contributed by atoms with Gasteiger partial charge in [-0.2, -0.15) is 0 Å². The Morgan fingerprint density at radius 1 is 1.44 bits per heavy atom. The van der Waals surface area contributed by atoms with Gasteiger partial charge in [-0.3, -0.25) is 4.79 Å². The Kier molecular flexibility index (Phi) is 5.15. The molecule has 0 saturated heterocycles. The fourth-order valence-electron chi connectivity index (χ4n) is 1.48. The number of carbonyl (C=O) groups is 1. The molecule has 0 unspecified atom stereocenters. The topological polar surface area (TPSA) is 46.3 Å². The maximum Gasteiger partial charge on any atom is 0.256 e. The van der Waals surface area contributed by atoms with E-state index in [1.807, 2.05) is 0 Å². The van der Waals surface area contributed by atoms with Gasteiger partial charge in [0, 0.05) is 19.5 Å². The molecule has 6 heteroatoms. The van der Waals surface area contributed by atoms with E-state index >= 15 is 0 Å². The molecule has 0 aromatic heterocycles. The third-order valence-corrected chi connectivity index (χ3v) is 2.66. The number of rotatable bonds is 5. The van der Waals surface area contributed by atoms with E-state index in [1.165, 1.54) is 4.90 Å². The third kappa shape index (κ3) is 3.73. The molecule has 0 bridgehead atoms. The first-order valence-electron chi connectivity index (χ1n) is 5.48. The van der Waals surface area contributed by atoms with Crippen molar-refractivity contribution < 1.29 is 13.6 Å². The predicted octanol–water partition coefficient (Wildman–Crippen LogP) is 2.10. The van der Waals surface area contributed by atoms with Crippen LogP contribution >= 0.6 is 12.2 Å². The van der Waals surface area contributed by atoms with Gasteiger partial charge in [-0.25, -0.2) is 8.78 Å². The highest BCUT2D eigenvalue weighted by Gasteiger charge is 2.18. The first-order chi connectivity index (χ1) is 8.45. The SMILES string of the molecule is CCN(CCC(N)=S)C(=O)c1cc(F)ccc1F. The summed E-state index contributed by atoms with van der Waals surface area (Å²) in [6.07, 6.45) is 0.353. The Morgan fingerprint density at radius 3 is 2.67 bits per heavy atom. The molecule has 0 radical (unpaired) electrons. The third-order valence-electron chi connectivity index (χ3n) is 2.46. The van der Waals surface area contributed by atoms with Crippen LogP contribution in [0.2, 0.25) is 0 Å². The fourth-order valence-corrected chi connectivity index (χ4v) is 1.57. The van der Waals surface area contributed by atoms with Gasteiger partial charge in [0.05, 0.1) is 10.6 Å². The molecule has 0 aliphatic rings. The molecule has 1 amide bonds. The minimum absolute atomic E-state index is 0.278. The molecule has 1 aromatic rings. The lowest BCUT2D eigenvalue weighted by molar-refractivity contribution is 0.0763. The molecule has 0 spiro atoms. The number of carbonyl (C=O) groups excluding carboxylic acids is 1. The predicted molar refractivity (Wildman–Crippen MR) is 69.3 cm³/mol. The summed E-state index contributed by atoms with van der Waals surface area (Å²) in [6, 6.07) is 2.79. The molecule has 1 aromatic carbocycles. The molecule has 98 valence electrons. The van der Waals surface area contributed by atoms with Crippen molar-refractivity contribution in [3.05, 3.63) is 35.4 Å². The number of halogens is 2. The van der Waals surface area contributed by atoms with Crippen LogP contribution in [0.5, 0.6) is 0 Å². The summed E-state index contributed by atoms with van der Waals surface area (Å²) in [6.45, 7) is 2.41. The van der Waals surface area contributed by atoms with Crippen LogP contribution in [0.15, 0.2) is 18.2 Å². The molecule has 0 heterocycles. The van der Waals surface area contributed by atoms with E-state index < -0.39 is 17.5 Å². The number of nitrogens with zero attached hydrogens (tertiary/aromatic N) is 1. The van der Waals surface area contributed by atoms with Gasteiger partial charge in [0.25, 0.3) is 5.91 Å². The van der Waals surface area contributed by atoms with Crippen molar-refractivity contribution in [2.45, 2.75) is 13.3 Å². The van der Waals surface area contributed by atoms with Crippen LogP contribution < -0.4 is 5.73 Å². The number of thiocarbonyl (C=S) groups is 1. The van der Waals surface area contributed by atoms with Crippen LogP contribution in [0.25, 0.3) is 0 Å². The second kappa shape index (κ2) is 6.39. The van der Waals surface area contributed by atoms with Gasteiger partial charge in [-0.05, 0) is 25.1 Å². The average molecular weight is 272 g/mol. The van der Waals surface area contributed by atoms with Crippen molar-refractivity contribution in [3.8, 4) is 0 Å². The van der Waals surface area contributed by atoms with Gasteiger partial charge < -0.3 is 10.6 Å². The van der Waals surface area contributed by atoms with E-state index in [0.29, 0.717) is 19.5 Å². The molecule has 0 aliphatic heterocycles. The fraction of sp³-hybridized carbons (Fsp3) is 0.333. The zero-order valence-electron chi connectivity index (χ0n) is 9.95. The Bertz CT molecular complexity index is 465. The minimum Gasteiger partial charge on any atom is -0.393 e. The maximum atomic E-state index is 13.5. The van der Waals surface area contributed by atoms with E-state index in [0.717, 1.165) is 18.2 Å². The zero-order valence-corrected chi connectivity index (χ0v) is 10.8. The van der Waals surface area contributed by atoms with E-state index in [-0.39, 0.29) is 10.6 Å². The first-order valence-corrected chi connectivity index (χ1v) is 5.89. The molecule has 3 nitrogen and oxygen atoms in total. The molecular formula is C12H14F2N2OS. The summed E-state index contributed by atoms with van der Waals surface area (Å²) in [5, 5.41) is 0. The lowest BCUT2D eigenvalue weighted by Gasteiger charge is -2.20. The van der Waals surface area contributed by atoms with Crippen LogP contribution in [-0.4, -0.2) is 28.9 Å². The first kappa shape index (κ1) is 14.5. The number of nitrogens with two attached hydrogens (primary N) is 1. The number of benzene rings is 1. The second-order valence-electron chi connectivity index (χ2n) is 3.73. The van der Waals surface area contributed by atoms with Crippen LogP contribution in [0.1, 0.15) is 23.7 Å². The highest BCUT2D eigenvalue weighted by molar-refractivity contribution is 7.80. The Morgan fingerprint density at radius 2 is 2.11 bits per heavy atom. The normalized spacial score (nSPS) is 10.2. The number of amides is 1. The molecule has 0 fully saturated rings. The Balaban J connectivity index is 2.89. The van der Waals surface area contributed by atoms with E-state index in [2.05, 4.69) is 0 Å². The monoisotopic (exact) mass is 272 g/mol. The highest BCUT2D eigenvalue weighted by atomic mass is 32.1. The molecule has 0 saturated carbocycles. The molecule has 18 heavy (non-hydrogen) atoms. The lowest BCUT2D eigenvalue weighted by atomic mass is 10.1. The standard InChI is InChI=1S/C12H14F2N2OS/c1-2-16(6-5-11(15)18)12(17)9-7-8(13)3-4-10(9)14/h3-4,7H,2,5-6H2,1H3,(H2,15,18). The number of hydrogen-bond donors (Lipinski definition) is 1. The molecular weight excluding hydrogens is 258 g/mol. The van der Waals surface area contributed by atoms with Gasteiger partial charge in [-0.1, -0.05) is 12.2 Å². The minimum atomic E-state index is -0.741. The molecule has 1 rings (SSSR count). The van der Waals surface area contributed by atoms with Gasteiger partial charge >= 0.3 is 0 Å². The summed E-state index contributed by atoms with van der Waals surface area (Å²) < 4.78 is 26.5. The largest absolute Gasteiger partial charge is 0.393 e. The van der Waals surface area contributed by atoms with Crippen molar-refractivity contribution in [2.24, 2.45) is 5.73 Å². The van der Waals surface area contributed by atoms with Crippen molar-refractivity contribution in [1.82, 2.24) is 4.90 Å². The van der Waals surface area contributed by atoms with Crippen molar-refractivity contribution >= 4 is 23.1 Å². The Hall–Kier alpha value is -1.56. The summed E-state index contributed by atoms with van der Waals surface area (Å²) in [4.78, 5) is 13.6. The lowest BCUT2D eigenvalue weighted by Crippen LogP contribution is -2.34. The summed E-state index contributed by atoms with van der Waals surface area (Å²) >= 11 is 4.72. The van der Waals surface area contributed by atoms with Gasteiger partial charge in [0.15, 0.2) is 0 Å². The summed E-state index contributed by atoms with van der Waals surface area (Å²) in [7, 11) is 0. The highest BCUT2D eigenvalue weighted by Crippen LogP contribution is 2.12. The van der Waals surface area contributed by atoms with Gasteiger partial charge in [0.1, 0.15) is 11.6 Å². The molecule has 2 N–H and O–H groups in total. The van der Waals surface area contributed by atoms with Crippen molar-refractivity contribution in [1.29, 1.82) is 0 Å². The Labute approximate surface area is 110 Å². The average Bonchev–Trinajstić information content (AvgIpc) is 2.32. The quantitative estimate of drug-likeness (QED) is 0.835.